The van der Waals surface area contributed by atoms with E-state index >= 15 is 0 Å². The zero-order valence-electron chi connectivity index (χ0n) is 15.0. The van der Waals surface area contributed by atoms with E-state index in [0.717, 1.165) is 0 Å². The lowest BCUT2D eigenvalue weighted by atomic mass is 10.1. The van der Waals surface area contributed by atoms with Crippen LogP contribution in [0.2, 0.25) is 0 Å². The van der Waals surface area contributed by atoms with E-state index in [0.29, 0.717) is 17.9 Å². The minimum Gasteiger partial charge on any atom is -0.478 e. The number of aromatic nitrogens is 1. The van der Waals surface area contributed by atoms with Gasteiger partial charge < -0.3 is 14.6 Å². The molecule has 2 aromatic rings. The third kappa shape index (κ3) is 3.80. The second-order valence-electron chi connectivity index (χ2n) is 6.37. The summed E-state index contributed by atoms with van der Waals surface area (Å²) in [6.07, 6.45) is -0.141. The fourth-order valence-corrected chi connectivity index (χ4v) is 3.45. The molecule has 0 saturated heterocycles. The highest BCUT2D eigenvalue weighted by Crippen LogP contribution is 2.32. The summed E-state index contributed by atoms with van der Waals surface area (Å²) >= 11 is 0. The molecule has 27 heavy (non-hydrogen) atoms. The minimum atomic E-state index is -4.18. The summed E-state index contributed by atoms with van der Waals surface area (Å²) in [4.78, 5) is 23.9. The first kappa shape index (κ1) is 18.9. The van der Waals surface area contributed by atoms with E-state index in [-0.39, 0.29) is 28.2 Å². The molecule has 3 rings (SSSR count). The van der Waals surface area contributed by atoms with Crippen molar-refractivity contribution in [2.75, 3.05) is 5.32 Å². The van der Waals surface area contributed by atoms with Crippen LogP contribution in [0.5, 0.6) is 5.75 Å². The topological polar surface area (TPSA) is 128 Å². The smallest absolute Gasteiger partial charge is 0.303 e. The molecule has 0 spiro atoms. The number of anilines is 1. The molecule has 0 radical (unpaired) electrons. The molecule has 10 heteroatoms. The average molecular weight is 393 g/mol. The standard InChI is InChI=1S/C17H19N3O6S/c1-4-13-16(21)18-12-7-10(5-6-14(12)25-13)27(23,24)20-17(22)15-8-11(9(2)3)19-26-15/h5-9,13H,4H2,1-3H3,(H,18,21)(H,20,22)/t13-/m1/s1. The van der Waals surface area contributed by atoms with Gasteiger partial charge in [-0.05, 0) is 30.5 Å². The second-order valence-corrected chi connectivity index (χ2v) is 8.05. The fourth-order valence-electron chi connectivity index (χ4n) is 2.46. The molecule has 0 fully saturated rings. The molecule has 9 nitrogen and oxygen atoms in total. The third-order valence-electron chi connectivity index (χ3n) is 4.02. The number of hydrogen-bond acceptors (Lipinski definition) is 7. The number of ether oxygens (including phenoxy) is 1. The number of fused-ring (bicyclic) bond motifs is 1. The molecule has 144 valence electrons. The van der Waals surface area contributed by atoms with Crippen LogP contribution in [0.3, 0.4) is 0 Å². The maximum absolute atomic E-state index is 12.5. The lowest BCUT2D eigenvalue weighted by Gasteiger charge is -2.25. The number of carbonyl (C=O) groups excluding carboxylic acids is 2. The Balaban J connectivity index is 1.82. The normalized spacial score (nSPS) is 16.4. The van der Waals surface area contributed by atoms with Crippen LogP contribution in [0, 0.1) is 0 Å². The van der Waals surface area contributed by atoms with E-state index in [1.165, 1.54) is 24.3 Å². The predicted octanol–water partition coefficient (Wildman–Crippen LogP) is 2.03. The Morgan fingerprint density at radius 2 is 2.07 bits per heavy atom. The highest BCUT2D eigenvalue weighted by molar-refractivity contribution is 7.90. The third-order valence-corrected chi connectivity index (χ3v) is 5.35. The molecule has 1 aliphatic rings. The monoisotopic (exact) mass is 393 g/mol. The Kier molecular flexibility index (Phi) is 4.92. The summed E-state index contributed by atoms with van der Waals surface area (Å²) in [5, 5.41) is 6.33. The molecule has 1 aromatic heterocycles. The molecular formula is C17H19N3O6S. The lowest BCUT2D eigenvalue weighted by Crippen LogP contribution is -2.36. The lowest BCUT2D eigenvalue weighted by molar-refractivity contribution is -0.123. The Labute approximate surface area is 156 Å². The first-order valence-electron chi connectivity index (χ1n) is 8.36. The zero-order valence-corrected chi connectivity index (χ0v) is 15.8. The Bertz CT molecular complexity index is 996. The first-order chi connectivity index (χ1) is 12.7. The van der Waals surface area contributed by atoms with Crippen molar-refractivity contribution in [2.45, 2.75) is 44.1 Å². The van der Waals surface area contributed by atoms with Gasteiger partial charge in [0.2, 0.25) is 5.76 Å². The van der Waals surface area contributed by atoms with Crippen LogP contribution in [-0.4, -0.2) is 31.5 Å². The average Bonchev–Trinajstić information content (AvgIpc) is 3.11. The van der Waals surface area contributed by atoms with Gasteiger partial charge in [0.1, 0.15) is 5.75 Å². The van der Waals surface area contributed by atoms with Crippen LogP contribution in [0.4, 0.5) is 5.69 Å². The van der Waals surface area contributed by atoms with Gasteiger partial charge in [0.15, 0.2) is 6.10 Å². The van der Waals surface area contributed by atoms with Gasteiger partial charge >= 0.3 is 5.91 Å². The SMILES string of the molecule is CC[C@H]1Oc2ccc(S(=O)(=O)NC(=O)c3cc(C(C)C)no3)cc2NC1=O. The molecule has 2 N–H and O–H groups in total. The van der Waals surface area contributed by atoms with Gasteiger partial charge in [-0.25, -0.2) is 13.1 Å². The van der Waals surface area contributed by atoms with Crippen molar-refractivity contribution in [1.29, 1.82) is 0 Å². The van der Waals surface area contributed by atoms with Gasteiger partial charge in [-0.15, -0.1) is 0 Å². The van der Waals surface area contributed by atoms with E-state index < -0.39 is 22.0 Å². The van der Waals surface area contributed by atoms with Crippen LogP contribution in [-0.2, 0) is 14.8 Å². The number of carbonyl (C=O) groups is 2. The Morgan fingerprint density at radius 3 is 2.70 bits per heavy atom. The molecule has 2 amide bonds. The van der Waals surface area contributed by atoms with Crippen molar-refractivity contribution in [2.24, 2.45) is 0 Å². The molecular weight excluding hydrogens is 374 g/mol. The fraction of sp³-hybridized carbons (Fsp3) is 0.353. The van der Waals surface area contributed by atoms with Crippen LogP contribution >= 0.6 is 0 Å². The molecule has 1 atom stereocenters. The Morgan fingerprint density at radius 1 is 1.33 bits per heavy atom. The van der Waals surface area contributed by atoms with E-state index in [4.69, 9.17) is 9.26 Å². The maximum Gasteiger partial charge on any atom is 0.303 e. The van der Waals surface area contributed by atoms with E-state index in [2.05, 4.69) is 10.5 Å². The van der Waals surface area contributed by atoms with Gasteiger partial charge in [-0.1, -0.05) is 25.9 Å². The molecule has 0 aliphatic carbocycles. The number of nitrogens with one attached hydrogen (secondary N) is 2. The minimum absolute atomic E-state index is 0.0307. The molecule has 0 saturated carbocycles. The molecule has 1 aromatic carbocycles. The number of amides is 2. The van der Waals surface area contributed by atoms with Crippen LogP contribution in [0.1, 0.15) is 49.4 Å². The highest BCUT2D eigenvalue weighted by Gasteiger charge is 2.28. The molecule has 0 bridgehead atoms. The van der Waals surface area contributed by atoms with E-state index in [1.54, 1.807) is 6.92 Å². The Hall–Kier alpha value is -2.88. The van der Waals surface area contributed by atoms with Crippen molar-refractivity contribution in [3.63, 3.8) is 0 Å². The van der Waals surface area contributed by atoms with Crippen molar-refractivity contribution < 1.29 is 27.3 Å². The summed E-state index contributed by atoms with van der Waals surface area (Å²) in [7, 11) is -4.18. The summed E-state index contributed by atoms with van der Waals surface area (Å²) in [5.74, 6) is -1.10. The quantitative estimate of drug-likeness (QED) is 0.795. The molecule has 2 heterocycles. The molecule has 0 unspecified atom stereocenters. The second kappa shape index (κ2) is 7.03. The van der Waals surface area contributed by atoms with Gasteiger partial charge in [-0.2, -0.15) is 0 Å². The maximum atomic E-state index is 12.5. The van der Waals surface area contributed by atoms with Crippen molar-refractivity contribution in [3.8, 4) is 5.75 Å². The number of hydrogen-bond donors (Lipinski definition) is 2. The van der Waals surface area contributed by atoms with Crippen molar-refractivity contribution in [1.82, 2.24) is 9.88 Å². The first-order valence-corrected chi connectivity index (χ1v) is 9.85. The highest BCUT2D eigenvalue weighted by atomic mass is 32.2. The van der Waals surface area contributed by atoms with E-state index in [1.807, 2.05) is 18.6 Å². The van der Waals surface area contributed by atoms with Gasteiger partial charge in [0.25, 0.3) is 15.9 Å². The number of sulfonamides is 1. The van der Waals surface area contributed by atoms with Gasteiger partial charge in [0.05, 0.1) is 16.3 Å². The molecule has 1 aliphatic heterocycles. The zero-order chi connectivity index (χ0) is 19.8. The number of benzene rings is 1. The van der Waals surface area contributed by atoms with Crippen LogP contribution in [0.25, 0.3) is 0 Å². The van der Waals surface area contributed by atoms with Crippen LogP contribution in [0.15, 0.2) is 33.7 Å². The largest absolute Gasteiger partial charge is 0.478 e. The summed E-state index contributed by atoms with van der Waals surface area (Å²) in [6, 6.07) is 5.34. The summed E-state index contributed by atoms with van der Waals surface area (Å²) in [6.45, 7) is 5.53. The van der Waals surface area contributed by atoms with Gasteiger partial charge in [-0.3, -0.25) is 9.59 Å². The van der Waals surface area contributed by atoms with E-state index in [9.17, 15) is 18.0 Å². The number of rotatable bonds is 5. The van der Waals surface area contributed by atoms with Crippen molar-refractivity contribution in [3.05, 3.63) is 35.7 Å². The summed E-state index contributed by atoms with van der Waals surface area (Å²) < 4.78 is 37.3. The van der Waals surface area contributed by atoms with Gasteiger partial charge in [0, 0.05) is 6.07 Å². The summed E-state index contributed by atoms with van der Waals surface area (Å²) in [5.41, 5.74) is 0.762. The number of nitrogens with zero attached hydrogens (tertiary/aromatic N) is 1. The predicted molar refractivity (Wildman–Crippen MR) is 95.0 cm³/mol. The van der Waals surface area contributed by atoms with Crippen molar-refractivity contribution >= 4 is 27.5 Å². The van der Waals surface area contributed by atoms with Crippen LogP contribution < -0.4 is 14.8 Å².